The Morgan fingerprint density at radius 1 is 0.431 bits per heavy atom. The molecule has 0 aliphatic carbocycles. The number of nitrogens with zero attached hydrogens (tertiary/aromatic N) is 3. The highest BCUT2D eigenvalue weighted by Crippen LogP contribution is 2.50. The second-order valence-corrected chi connectivity index (χ2v) is 13.9. The molecule has 0 radical (unpaired) electrons. The maximum absolute atomic E-state index is 6.99. The van der Waals surface area contributed by atoms with E-state index in [1.54, 1.807) is 11.3 Å². The fourth-order valence-electron chi connectivity index (χ4n) is 8.07. The summed E-state index contributed by atoms with van der Waals surface area (Å²) >= 11 is 1.78. The number of para-hydroxylation sites is 6. The molecule has 0 aliphatic rings. The largest absolute Gasteiger partial charge is 0.454 e. The molecule has 0 unspecified atom stereocenters. The predicted molar refractivity (Wildman–Crippen MR) is 215 cm³/mol. The van der Waals surface area contributed by atoms with E-state index in [1.165, 1.54) is 32.6 Å². The summed E-state index contributed by atoms with van der Waals surface area (Å²) in [4.78, 5) is 2.34. The van der Waals surface area contributed by atoms with Gasteiger partial charge in [0.1, 0.15) is 21.1 Å². The van der Waals surface area contributed by atoms with Crippen molar-refractivity contribution in [2.75, 3.05) is 4.90 Å². The van der Waals surface area contributed by atoms with Gasteiger partial charge in [0.25, 0.3) is 0 Å². The maximum atomic E-state index is 6.99. The third-order valence-corrected chi connectivity index (χ3v) is 11.2. The minimum atomic E-state index is 0.890. The lowest BCUT2D eigenvalue weighted by Gasteiger charge is -2.23. The zero-order chi connectivity index (χ0) is 33.5. The molecule has 4 aromatic heterocycles. The summed E-state index contributed by atoms with van der Waals surface area (Å²) in [5.74, 6) is 0. The van der Waals surface area contributed by atoms with Crippen LogP contribution >= 0.6 is 11.3 Å². The number of rotatable bonds is 5. The third kappa shape index (κ3) is 4.07. The molecule has 0 bridgehead atoms. The number of hydrogen-bond acceptors (Lipinski definition) is 3. The lowest BCUT2D eigenvalue weighted by molar-refractivity contribution is 0.671. The standard InChI is InChI=1S/C46H29N3OS/c1-4-16-30(17-5-1)47(31-18-6-2-7-19-31)39-28-29-40(51-39)49-37-26-14-11-23-34(37)43-44-41(42-35-24-12-15-27-38(35)50-46(42)45(43)49)33-22-10-13-25-36(33)48(44)32-20-8-3-9-21-32/h1-29H. The number of aromatic nitrogens is 2. The molecule has 11 aromatic rings. The van der Waals surface area contributed by atoms with Crippen LogP contribution in [0.1, 0.15) is 0 Å². The zero-order valence-electron chi connectivity index (χ0n) is 27.4. The summed E-state index contributed by atoms with van der Waals surface area (Å²) in [6.07, 6.45) is 0. The first-order valence-electron chi connectivity index (χ1n) is 17.2. The van der Waals surface area contributed by atoms with Crippen molar-refractivity contribution >= 4 is 93.3 Å². The van der Waals surface area contributed by atoms with E-state index in [0.29, 0.717) is 0 Å². The molecule has 7 aromatic carbocycles. The second kappa shape index (κ2) is 11.0. The molecule has 5 heteroatoms. The third-order valence-electron chi connectivity index (χ3n) is 10.1. The number of thiophene rings is 1. The quantitative estimate of drug-likeness (QED) is 0.182. The molecule has 0 saturated carbocycles. The van der Waals surface area contributed by atoms with Crippen LogP contribution in [0.15, 0.2) is 180 Å². The Balaban J connectivity index is 1.32. The van der Waals surface area contributed by atoms with Gasteiger partial charge in [0, 0.05) is 49.4 Å². The van der Waals surface area contributed by atoms with Crippen LogP contribution in [-0.2, 0) is 0 Å². The van der Waals surface area contributed by atoms with Crippen molar-refractivity contribution in [1.82, 2.24) is 9.13 Å². The normalized spacial score (nSPS) is 11.9. The Kier molecular flexibility index (Phi) is 6.09. The minimum Gasteiger partial charge on any atom is -0.454 e. The van der Waals surface area contributed by atoms with Crippen molar-refractivity contribution in [2.45, 2.75) is 0 Å². The number of hydrogen-bond donors (Lipinski definition) is 0. The smallest absolute Gasteiger partial charge is 0.160 e. The van der Waals surface area contributed by atoms with Gasteiger partial charge in [-0.15, -0.1) is 0 Å². The van der Waals surface area contributed by atoms with Crippen molar-refractivity contribution in [3.63, 3.8) is 0 Å². The fraction of sp³-hybridized carbons (Fsp3) is 0. The molecular formula is C46H29N3OS. The average Bonchev–Trinajstić information content (AvgIpc) is 3.97. The molecule has 0 amide bonds. The lowest BCUT2D eigenvalue weighted by atomic mass is 10.0. The minimum absolute atomic E-state index is 0.890. The average molecular weight is 672 g/mol. The number of benzene rings is 7. The van der Waals surface area contributed by atoms with Gasteiger partial charge in [-0.1, -0.05) is 121 Å². The first kappa shape index (κ1) is 28.3. The van der Waals surface area contributed by atoms with Gasteiger partial charge in [0.2, 0.25) is 0 Å². The van der Waals surface area contributed by atoms with Crippen LogP contribution in [0.3, 0.4) is 0 Å². The maximum Gasteiger partial charge on any atom is 0.160 e. The molecule has 0 fully saturated rings. The van der Waals surface area contributed by atoms with Gasteiger partial charge >= 0.3 is 0 Å². The van der Waals surface area contributed by atoms with Gasteiger partial charge in [-0.05, 0) is 66.7 Å². The van der Waals surface area contributed by atoms with E-state index in [1.807, 2.05) is 0 Å². The van der Waals surface area contributed by atoms with Crippen LogP contribution in [0.4, 0.5) is 16.4 Å². The Bertz CT molecular complexity index is 3040. The van der Waals surface area contributed by atoms with Crippen LogP contribution in [0.5, 0.6) is 0 Å². The van der Waals surface area contributed by atoms with Crippen LogP contribution in [-0.4, -0.2) is 9.13 Å². The Hall–Kier alpha value is -6.56. The first-order valence-corrected chi connectivity index (χ1v) is 18.0. The number of fused-ring (bicyclic) bond motifs is 12. The molecule has 4 heterocycles. The van der Waals surface area contributed by atoms with Crippen molar-refractivity contribution in [3.05, 3.63) is 176 Å². The number of anilines is 3. The van der Waals surface area contributed by atoms with Crippen molar-refractivity contribution < 1.29 is 4.42 Å². The molecule has 0 saturated heterocycles. The predicted octanol–water partition coefficient (Wildman–Crippen LogP) is 13.3. The monoisotopic (exact) mass is 671 g/mol. The van der Waals surface area contributed by atoms with Gasteiger partial charge in [0.05, 0.1) is 16.6 Å². The van der Waals surface area contributed by atoms with E-state index in [2.05, 4.69) is 190 Å². The summed E-state index contributed by atoms with van der Waals surface area (Å²) in [7, 11) is 0. The molecule has 240 valence electrons. The van der Waals surface area contributed by atoms with Gasteiger partial charge in [-0.2, -0.15) is 0 Å². The van der Waals surface area contributed by atoms with E-state index in [-0.39, 0.29) is 0 Å². The summed E-state index contributed by atoms with van der Waals surface area (Å²) < 4.78 is 11.9. The van der Waals surface area contributed by atoms with E-state index in [9.17, 15) is 0 Å². The molecular weight excluding hydrogens is 643 g/mol. The SMILES string of the molecule is c1ccc(N(c2ccccc2)c2ccc(-n3c4ccccc4c4c3c3oc5ccccc5c3c3c5ccccc5n(-c5ccccc5)c34)s2)cc1. The van der Waals surface area contributed by atoms with Crippen LogP contribution in [0.25, 0.3) is 76.2 Å². The van der Waals surface area contributed by atoms with Gasteiger partial charge in [-0.3, -0.25) is 4.57 Å². The molecule has 4 nitrogen and oxygen atoms in total. The lowest BCUT2D eigenvalue weighted by Crippen LogP contribution is -2.07. The highest BCUT2D eigenvalue weighted by atomic mass is 32.1. The molecule has 11 rings (SSSR count). The molecule has 0 spiro atoms. The zero-order valence-corrected chi connectivity index (χ0v) is 28.2. The van der Waals surface area contributed by atoms with E-state index < -0.39 is 0 Å². The number of furan rings is 1. The summed E-state index contributed by atoms with van der Waals surface area (Å²) in [5, 5.41) is 9.34. The van der Waals surface area contributed by atoms with Crippen molar-refractivity contribution in [2.24, 2.45) is 0 Å². The summed E-state index contributed by atoms with van der Waals surface area (Å²) in [5.41, 5.74) is 9.76. The second-order valence-electron chi connectivity index (χ2n) is 12.9. The van der Waals surface area contributed by atoms with Crippen molar-refractivity contribution in [3.8, 4) is 10.7 Å². The van der Waals surface area contributed by atoms with Crippen LogP contribution in [0.2, 0.25) is 0 Å². The Morgan fingerprint density at radius 3 is 1.67 bits per heavy atom. The van der Waals surface area contributed by atoms with E-state index in [4.69, 9.17) is 4.42 Å². The Labute approximate surface area is 297 Å². The van der Waals surface area contributed by atoms with Crippen molar-refractivity contribution in [1.29, 1.82) is 0 Å². The Morgan fingerprint density at radius 2 is 0.980 bits per heavy atom. The van der Waals surface area contributed by atoms with Crippen LogP contribution < -0.4 is 4.90 Å². The van der Waals surface area contributed by atoms with E-state index >= 15 is 0 Å². The summed E-state index contributed by atoms with van der Waals surface area (Å²) in [6, 6.07) is 62.6. The van der Waals surface area contributed by atoms with Gasteiger partial charge < -0.3 is 13.9 Å². The summed E-state index contributed by atoms with van der Waals surface area (Å²) in [6.45, 7) is 0. The fourth-order valence-corrected chi connectivity index (χ4v) is 9.14. The van der Waals surface area contributed by atoms with Gasteiger partial charge in [-0.25, -0.2) is 0 Å². The van der Waals surface area contributed by atoms with E-state index in [0.717, 1.165) is 60.0 Å². The first-order chi connectivity index (χ1) is 25.3. The molecule has 0 N–H and O–H groups in total. The molecule has 51 heavy (non-hydrogen) atoms. The highest BCUT2D eigenvalue weighted by molar-refractivity contribution is 7.18. The highest BCUT2D eigenvalue weighted by Gasteiger charge is 2.28. The molecule has 0 aliphatic heterocycles. The van der Waals surface area contributed by atoms with Crippen LogP contribution in [0, 0.1) is 0 Å². The molecule has 0 atom stereocenters. The topological polar surface area (TPSA) is 26.2 Å². The van der Waals surface area contributed by atoms with Gasteiger partial charge in [0.15, 0.2) is 5.58 Å².